The van der Waals surface area contributed by atoms with Crippen molar-refractivity contribution < 1.29 is 23.7 Å². The summed E-state index contributed by atoms with van der Waals surface area (Å²) < 4.78 is 23.0. The summed E-state index contributed by atoms with van der Waals surface area (Å²) in [7, 11) is 4.34. The van der Waals surface area contributed by atoms with Crippen molar-refractivity contribution in [2.24, 2.45) is 17.8 Å². The summed E-state index contributed by atoms with van der Waals surface area (Å²) in [5, 5.41) is 1.34. The maximum Gasteiger partial charge on any atom is 0.410 e. The van der Waals surface area contributed by atoms with E-state index in [2.05, 4.69) is 72.9 Å². The highest BCUT2D eigenvalue weighted by Crippen LogP contribution is 2.26. The summed E-state index contributed by atoms with van der Waals surface area (Å²) in [4.78, 5) is 44.9. The molecule has 3 fully saturated rings. The van der Waals surface area contributed by atoms with Crippen LogP contribution in [0.25, 0.3) is 34.2 Å². The summed E-state index contributed by atoms with van der Waals surface area (Å²) in [5.41, 5.74) is 3.57. The van der Waals surface area contributed by atoms with E-state index in [4.69, 9.17) is 42.1 Å². The number of carbonyl (C=O) groups is 1. The van der Waals surface area contributed by atoms with Gasteiger partial charge in [0.2, 0.25) is 0 Å². The number of halogens is 2. The number of aryl methyl sites for hydroxylation is 1. The molecule has 0 radical (unpaired) electrons. The molecular weight excluding hydrogens is 962 g/mol. The molecule has 0 N–H and O–H groups in total. The molecular formula is C57H73Cl2N9O5. The van der Waals surface area contributed by atoms with Crippen LogP contribution in [0.3, 0.4) is 0 Å². The normalized spacial score (nSPS) is 15.9. The number of benzene rings is 3. The first-order chi connectivity index (χ1) is 34.7. The molecule has 3 aliphatic heterocycles. The van der Waals surface area contributed by atoms with Crippen molar-refractivity contribution in [2.75, 3.05) is 73.2 Å². The molecule has 3 aromatic carbocycles. The van der Waals surface area contributed by atoms with Crippen molar-refractivity contribution in [3.63, 3.8) is 0 Å². The van der Waals surface area contributed by atoms with Gasteiger partial charge in [0.1, 0.15) is 5.60 Å². The predicted octanol–water partition coefficient (Wildman–Crippen LogP) is 12.1. The number of likely N-dealkylation sites (tertiary alicyclic amines) is 3. The zero-order valence-corrected chi connectivity index (χ0v) is 44.1. The lowest BCUT2D eigenvalue weighted by Gasteiger charge is -2.33. The minimum Gasteiger partial charge on any atom is -0.490 e. The van der Waals surface area contributed by atoms with Gasteiger partial charge in [0.15, 0.2) is 34.7 Å². The third-order valence-corrected chi connectivity index (χ3v) is 13.2. The molecule has 0 spiro atoms. The van der Waals surface area contributed by atoms with Crippen molar-refractivity contribution >= 4 is 29.3 Å². The van der Waals surface area contributed by atoms with Crippen LogP contribution in [-0.4, -0.2) is 129 Å². The van der Waals surface area contributed by atoms with Crippen LogP contribution in [0.4, 0.5) is 4.79 Å². The average Bonchev–Trinajstić information content (AvgIpc) is 3.38. The van der Waals surface area contributed by atoms with Crippen LogP contribution in [0, 0.1) is 24.7 Å². The first-order valence-corrected chi connectivity index (χ1v) is 25.8. The largest absolute Gasteiger partial charge is 0.490 e. The van der Waals surface area contributed by atoms with Crippen LogP contribution in [0.1, 0.15) is 72.3 Å². The van der Waals surface area contributed by atoms with E-state index in [1.165, 1.54) is 31.2 Å². The van der Waals surface area contributed by atoms with Gasteiger partial charge in [-0.3, -0.25) is 0 Å². The van der Waals surface area contributed by atoms with E-state index in [1.54, 1.807) is 42.1 Å². The number of amides is 1. The highest BCUT2D eigenvalue weighted by molar-refractivity contribution is 6.31. The van der Waals surface area contributed by atoms with Gasteiger partial charge < -0.3 is 33.6 Å². The van der Waals surface area contributed by atoms with Gasteiger partial charge in [-0.1, -0.05) is 78.7 Å². The van der Waals surface area contributed by atoms with Gasteiger partial charge in [0.25, 0.3) is 0 Å². The SMILES string of the molecule is C.CC(C)(C)OC(=O)N1CCC(COc2cnc(-c3cccc(Cl)c3)nc2)CC1.CN1CCC(COc2cnc(-c3cccc(Cl)c3)nc2)CC1.Cc1cccc(-c2ncc(OCC3CCN(C)CC3)cn2)c1. The summed E-state index contributed by atoms with van der Waals surface area (Å²) in [6.45, 7) is 15.8. The third-order valence-electron chi connectivity index (χ3n) is 12.7. The van der Waals surface area contributed by atoms with Gasteiger partial charge in [-0.25, -0.2) is 34.7 Å². The van der Waals surface area contributed by atoms with E-state index < -0.39 is 5.60 Å². The molecule has 3 aliphatic rings. The first kappa shape index (κ1) is 56.4. The van der Waals surface area contributed by atoms with E-state index in [0.29, 0.717) is 64.9 Å². The van der Waals surface area contributed by atoms with Crippen molar-refractivity contribution in [1.82, 2.24) is 44.6 Å². The third kappa shape index (κ3) is 18.8. The molecule has 0 atom stereocenters. The van der Waals surface area contributed by atoms with Crippen LogP contribution >= 0.6 is 23.2 Å². The number of ether oxygens (including phenoxy) is 4. The molecule has 0 saturated carbocycles. The molecule has 0 aliphatic carbocycles. The Kier molecular flexibility index (Phi) is 21.6. The highest BCUT2D eigenvalue weighted by atomic mass is 35.5. The standard InChI is InChI=1S/C21H26ClN3O3.C18H23N3O.C17H20ClN3O.CH4/c1-21(2,3)28-20(26)25-9-7-15(8-10-25)14-27-18-12-23-19(24-13-18)16-5-4-6-17(22)11-16;1-14-4-3-5-16(10-14)18-19-11-17(12-20-18)22-13-15-6-8-21(2)9-7-15;1-21-7-5-13(6-8-21)12-22-16-10-19-17(20-11-16)14-3-2-4-15(18)9-14;/h4-6,11-13,15H,7-10,14H2,1-3H3;3-5,10-12,15H,6-9,13H2,1-2H3;2-4,9-11,13H,5-8,12H2,1H3;1H4. The fourth-order valence-electron chi connectivity index (χ4n) is 8.37. The van der Waals surface area contributed by atoms with Crippen molar-refractivity contribution in [1.29, 1.82) is 0 Å². The maximum absolute atomic E-state index is 12.1. The molecule has 6 heterocycles. The summed E-state index contributed by atoms with van der Waals surface area (Å²) in [5.74, 6) is 5.81. The Hall–Kier alpha value is -5.93. The van der Waals surface area contributed by atoms with Gasteiger partial charge in [-0.2, -0.15) is 0 Å². The summed E-state index contributed by atoms with van der Waals surface area (Å²) in [6, 6.07) is 23.2. The fraction of sp³-hybridized carbons (Fsp3) is 0.456. The number of nitrogens with zero attached hydrogens (tertiary/aromatic N) is 9. The second kappa shape index (κ2) is 27.9. The molecule has 3 aromatic heterocycles. The number of rotatable bonds is 12. The molecule has 9 rings (SSSR count). The Balaban J connectivity index is 0.000000179. The van der Waals surface area contributed by atoms with Gasteiger partial charge >= 0.3 is 6.09 Å². The second-order valence-corrected chi connectivity index (χ2v) is 20.8. The monoisotopic (exact) mass is 1030 g/mol. The van der Waals surface area contributed by atoms with Gasteiger partial charge in [-0.05, 0) is 155 Å². The lowest BCUT2D eigenvalue weighted by Crippen LogP contribution is -2.42. The molecule has 390 valence electrons. The van der Waals surface area contributed by atoms with Crippen molar-refractivity contribution in [3.05, 3.63) is 126 Å². The Morgan fingerprint density at radius 2 is 0.863 bits per heavy atom. The summed E-state index contributed by atoms with van der Waals surface area (Å²) in [6.07, 6.45) is 16.7. The lowest BCUT2D eigenvalue weighted by molar-refractivity contribution is 0.0164. The van der Waals surface area contributed by atoms with E-state index in [0.717, 1.165) is 86.2 Å². The van der Waals surface area contributed by atoms with E-state index in [9.17, 15) is 4.79 Å². The smallest absolute Gasteiger partial charge is 0.410 e. The number of carbonyl (C=O) groups excluding carboxylic acids is 1. The van der Waals surface area contributed by atoms with Crippen LogP contribution in [0.2, 0.25) is 10.0 Å². The van der Waals surface area contributed by atoms with Crippen LogP contribution in [-0.2, 0) is 4.74 Å². The van der Waals surface area contributed by atoms with Crippen LogP contribution in [0.15, 0.2) is 110 Å². The zero-order chi connectivity index (χ0) is 50.9. The van der Waals surface area contributed by atoms with E-state index >= 15 is 0 Å². The zero-order valence-electron chi connectivity index (χ0n) is 42.6. The molecule has 1 amide bonds. The molecule has 73 heavy (non-hydrogen) atoms. The second-order valence-electron chi connectivity index (χ2n) is 20.0. The fourth-order valence-corrected chi connectivity index (χ4v) is 8.75. The van der Waals surface area contributed by atoms with Crippen LogP contribution in [0.5, 0.6) is 17.2 Å². The van der Waals surface area contributed by atoms with E-state index in [-0.39, 0.29) is 13.5 Å². The molecule has 0 unspecified atom stereocenters. The predicted molar refractivity (Wildman–Crippen MR) is 291 cm³/mol. The molecule has 16 heteroatoms. The quantitative estimate of drug-likeness (QED) is 0.115. The Labute approximate surface area is 442 Å². The molecule has 3 saturated heterocycles. The first-order valence-electron chi connectivity index (χ1n) is 25.0. The van der Waals surface area contributed by atoms with Crippen LogP contribution < -0.4 is 14.2 Å². The Bertz CT molecular complexity index is 2470. The minimum atomic E-state index is -0.464. The minimum absolute atomic E-state index is 0. The Morgan fingerprint density at radius 1 is 0.534 bits per heavy atom. The number of aromatic nitrogens is 6. The Morgan fingerprint density at radius 3 is 1.19 bits per heavy atom. The van der Waals surface area contributed by atoms with Crippen molar-refractivity contribution in [2.45, 2.75) is 79.2 Å². The summed E-state index contributed by atoms with van der Waals surface area (Å²) >= 11 is 12.0. The highest BCUT2D eigenvalue weighted by Gasteiger charge is 2.27. The van der Waals surface area contributed by atoms with Gasteiger partial charge in [0.05, 0.1) is 57.0 Å². The van der Waals surface area contributed by atoms with E-state index in [1.807, 2.05) is 81.4 Å². The average molecular weight is 1040 g/mol. The number of hydrogen-bond acceptors (Lipinski definition) is 13. The van der Waals surface area contributed by atoms with Gasteiger partial charge in [-0.15, -0.1) is 0 Å². The number of piperidine rings is 3. The molecule has 14 nitrogen and oxygen atoms in total. The van der Waals surface area contributed by atoms with Crippen molar-refractivity contribution in [3.8, 4) is 51.4 Å². The number of hydrogen-bond donors (Lipinski definition) is 0. The topological polar surface area (TPSA) is 141 Å². The maximum atomic E-state index is 12.1. The molecule has 0 bridgehead atoms. The lowest BCUT2D eigenvalue weighted by atomic mass is 9.98. The van der Waals surface area contributed by atoms with Gasteiger partial charge in [0, 0.05) is 39.8 Å². The molecule has 6 aromatic rings.